The number of benzene rings is 1. The molecule has 9 heteroatoms. The quantitative estimate of drug-likeness (QED) is 0.165. The molecule has 0 radical (unpaired) electrons. The lowest BCUT2D eigenvalue weighted by atomic mass is 10.0. The largest absolute Gasteiger partial charge is 0.356 e. The molecule has 2 N–H and O–H groups in total. The van der Waals surface area contributed by atoms with Crippen LogP contribution in [0.4, 0.5) is 5.69 Å². The first-order valence-corrected chi connectivity index (χ1v) is 11.4. The molecule has 1 saturated heterocycles. The zero-order valence-corrected chi connectivity index (χ0v) is 21.3. The summed E-state index contributed by atoms with van der Waals surface area (Å²) in [5, 5.41) is 20.0. The number of hydrogen-bond acceptors (Lipinski definition) is 5. The summed E-state index contributed by atoms with van der Waals surface area (Å²) < 4.78 is 0. The van der Waals surface area contributed by atoms with E-state index in [9.17, 15) is 10.1 Å². The maximum atomic E-state index is 10.8. The number of non-ortho nitro benzene ring substituents is 1. The van der Waals surface area contributed by atoms with Crippen LogP contribution in [0.2, 0.25) is 0 Å². The van der Waals surface area contributed by atoms with E-state index in [0.717, 1.165) is 50.4 Å². The van der Waals surface area contributed by atoms with Crippen molar-refractivity contribution in [2.45, 2.75) is 51.7 Å². The van der Waals surface area contributed by atoms with Crippen molar-refractivity contribution in [1.29, 1.82) is 0 Å². The summed E-state index contributed by atoms with van der Waals surface area (Å²) in [6.45, 7) is 7.99. The number of nitro groups is 1. The molecule has 0 amide bonds. The average Bonchev–Trinajstić information content (AvgIpc) is 3.26. The van der Waals surface area contributed by atoms with Crippen molar-refractivity contribution < 1.29 is 4.92 Å². The molecule has 7 nitrogen and oxygen atoms in total. The standard InChI is InChI=1S/C22H31N5O2S.HI/c1-17(2)26-13-10-19(11-14-26)25-22(23-12-9-21-4-3-15-30-21)24-16-18-5-7-20(8-6-18)27(28)29;/h3-8,15,17,19H,9-14,16H2,1-2H3,(H2,23,24,25);1H. The number of hydrogen-bond donors (Lipinski definition) is 2. The molecule has 0 bridgehead atoms. The lowest BCUT2D eigenvalue weighted by Gasteiger charge is -2.35. The molecule has 170 valence electrons. The highest BCUT2D eigenvalue weighted by molar-refractivity contribution is 14.0. The Bertz CT molecular complexity index is 819. The number of thiophene rings is 1. The minimum atomic E-state index is -0.379. The van der Waals surface area contributed by atoms with Crippen molar-refractivity contribution in [3.05, 3.63) is 62.3 Å². The summed E-state index contributed by atoms with van der Waals surface area (Å²) in [7, 11) is 0. The lowest BCUT2D eigenvalue weighted by Crippen LogP contribution is -2.50. The summed E-state index contributed by atoms with van der Waals surface area (Å²) in [6, 6.07) is 11.8. The number of likely N-dealkylation sites (tertiary alicyclic amines) is 1. The van der Waals surface area contributed by atoms with Gasteiger partial charge in [-0.1, -0.05) is 18.2 Å². The molecule has 1 aromatic carbocycles. The number of piperidine rings is 1. The van der Waals surface area contributed by atoms with Crippen LogP contribution in [0, 0.1) is 10.1 Å². The molecule has 0 spiro atoms. The number of halogens is 1. The Balaban J connectivity index is 0.00000341. The number of nitro benzene ring substituents is 1. The van der Waals surface area contributed by atoms with Gasteiger partial charge >= 0.3 is 0 Å². The van der Waals surface area contributed by atoms with Gasteiger partial charge in [0, 0.05) is 48.7 Å². The van der Waals surface area contributed by atoms with E-state index in [-0.39, 0.29) is 34.6 Å². The zero-order chi connectivity index (χ0) is 21.3. The average molecular weight is 558 g/mol. The van der Waals surface area contributed by atoms with E-state index in [4.69, 9.17) is 4.99 Å². The highest BCUT2D eigenvalue weighted by Gasteiger charge is 2.21. The van der Waals surface area contributed by atoms with Crippen LogP contribution in [-0.2, 0) is 13.0 Å². The summed E-state index contributed by atoms with van der Waals surface area (Å²) in [6.07, 6.45) is 3.16. The van der Waals surface area contributed by atoms with Crippen LogP contribution in [0.25, 0.3) is 0 Å². The van der Waals surface area contributed by atoms with Gasteiger partial charge in [0.05, 0.1) is 11.5 Å². The maximum absolute atomic E-state index is 10.8. The van der Waals surface area contributed by atoms with Crippen LogP contribution >= 0.6 is 35.3 Å². The van der Waals surface area contributed by atoms with Crippen molar-refractivity contribution in [3.63, 3.8) is 0 Å². The van der Waals surface area contributed by atoms with Crippen LogP contribution in [0.5, 0.6) is 0 Å². The van der Waals surface area contributed by atoms with Gasteiger partial charge in [-0.3, -0.25) is 10.1 Å². The van der Waals surface area contributed by atoms with Crippen LogP contribution < -0.4 is 10.6 Å². The summed E-state index contributed by atoms with van der Waals surface area (Å²) in [5.41, 5.74) is 1.06. The monoisotopic (exact) mass is 557 g/mol. The highest BCUT2D eigenvalue weighted by Crippen LogP contribution is 2.14. The Kier molecular flexibility index (Phi) is 10.7. The first-order valence-electron chi connectivity index (χ1n) is 10.6. The van der Waals surface area contributed by atoms with E-state index >= 15 is 0 Å². The van der Waals surface area contributed by atoms with Gasteiger partial charge in [0.25, 0.3) is 5.69 Å². The maximum Gasteiger partial charge on any atom is 0.269 e. The Labute approximate surface area is 205 Å². The Morgan fingerprint density at radius 3 is 2.55 bits per heavy atom. The summed E-state index contributed by atoms with van der Waals surface area (Å²) in [5.74, 6) is 0.813. The molecule has 3 rings (SSSR count). The molecular weight excluding hydrogens is 525 g/mol. The fraction of sp³-hybridized carbons (Fsp3) is 0.500. The molecular formula is C22H32IN5O2S. The van der Waals surface area contributed by atoms with Crippen LogP contribution in [0.15, 0.2) is 46.8 Å². The van der Waals surface area contributed by atoms with Crippen molar-refractivity contribution in [1.82, 2.24) is 15.5 Å². The molecule has 0 atom stereocenters. The summed E-state index contributed by atoms with van der Waals surface area (Å²) in [4.78, 5) is 19.1. The first kappa shape index (κ1) is 25.5. The molecule has 2 heterocycles. The topological polar surface area (TPSA) is 82.8 Å². The number of guanidine groups is 1. The van der Waals surface area contributed by atoms with E-state index in [1.807, 2.05) is 0 Å². The Morgan fingerprint density at radius 1 is 1.26 bits per heavy atom. The van der Waals surface area contributed by atoms with Gasteiger partial charge in [0.2, 0.25) is 0 Å². The minimum Gasteiger partial charge on any atom is -0.356 e. The lowest BCUT2D eigenvalue weighted by molar-refractivity contribution is -0.384. The Morgan fingerprint density at radius 2 is 1.97 bits per heavy atom. The van der Waals surface area contributed by atoms with Crippen LogP contribution in [-0.4, -0.2) is 47.5 Å². The third-order valence-corrected chi connectivity index (χ3v) is 6.35. The van der Waals surface area contributed by atoms with Gasteiger partial charge in [-0.05, 0) is 50.1 Å². The predicted molar refractivity (Wildman–Crippen MR) is 139 cm³/mol. The fourth-order valence-electron chi connectivity index (χ4n) is 3.56. The molecule has 2 aromatic rings. The fourth-order valence-corrected chi connectivity index (χ4v) is 4.27. The van der Waals surface area contributed by atoms with Crippen LogP contribution in [0.3, 0.4) is 0 Å². The van der Waals surface area contributed by atoms with E-state index in [1.165, 1.54) is 17.0 Å². The van der Waals surface area contributed by atoms with Gasteiger partial charge < -0.3 is 15.5 Å². The molecule has 0 saturated carbocycles. The third-order valence-electron chi connectivity index (χ3n) is 5.41. The van der Waals surface area contributed by atoms with E-state index < -0.39 is 0 Å². The molecule has 0 unspecified atom stereocenters. The van der Waals surface area contributed by atoms with Crippen molar-refractivity contribution in [3.8, 4) is 0 Å². The van der Waals surface area contributed by atoms with Gasteiger partial charge in [-0.15, -0.1) is 35.3 Å². The number of aliphatic imine (C=N–C) groups is 1. The van der Waals surface area contributed by atoms with Gasteiger partial charge in [0.1, 0.15) is 0 Å². The van der Waals surface area contributed by atoms with Gasteiger partial charge in [-0.2, -0.15) is 0 Å². The van der Waals surface area contributed by atoms with Gasteiger partial charge in [-0.25, -0.2) is 4.99 Å². The van der Waals surface area contributed by atoms with Crippen molar-refractivity contribution in [2.75, 3.05) is 19.6 Å². The predicted octanol–water partition coefficient (Wildman–Crippen LogP) is 4.43. The zero-order valence-electron chi connectivity index (χ0n) is 18.1. The molecule has 1 fully saturated rings. The SMILES string of the molecule is CC(C)N1CCC(NC(=NCc2ccc([N+](=O)[O-])cc2)NCCc2cccs2)CC1.I. The summed E-state index contributed by atoms with van der Waals surface area (Å²) >= 11 is 1.77. The minimum absolute atomic E-state index is 0. The number of nitrogens with one attached hydrogen (secondary N) is 2. The molecule has 1 aliphatic heterocycles. The normalized spacial score (nSPS) is 15.5. The second-order valence-corrected chi connectivity index (χ2v) is 8.93. The van der Waals surface area contributed by atoms with Crippen LogP contribution in [0.1, 0.15) is 37.1 Å². The molecule has 31 heavy (non-hydrogen) atoms. The molecule has 1 aromatic heterocycles. The number of nitrogens with zero attached hydrogens (tertiary/aromatic N) is 3. The van der Waals surface area contributed by atoms with E-state index in [1.54, 1.807) is 23.5 Å². The van der Waals surface area contributed by atoms with E-state index in [2.05, 4.69) is 46.9 Å². The van der Waals surface area contributed by atoms with E-state index in [0.29, 0.717) is 18.6 Å². The van der Waals surface area contributed by atoms with Crippen molar-refractivity contribution >= 4 is 47.0 Å². The smallest absolute Gasteiger partial charge is 0.269 e. The van der Waals surface area contributed by atoms with Gasteiger partial charge in [0.15, 0.2) is 5.96 Å². The highest BCUT2D eigenvalue weighted by atomic mass is 127. The molecule has 1 aliphatic rings. The second kappa shape index (κ2) is 13.0. The molecule has 0 aliphatic carbocycles. The Hall–Kier alpha value is -1.72. The number of rotatable bonds is 8. The third kappa shape index (κ3) is 8.38. The van der Waals surface area contributed by atoms with Crippen molar-refractivity contribution in [2.24, 2.45) is 4.99 Å². The first-order chi connectivity index (χ1) is 14.5. The second-order valence-electron chi connectivity index (χ2n) is 7.89.